The lowest BCUT2D eigenvalue weighted by Crippen LogP contribution is -2.55. The largest absolute Gasteiger partial charge is 0.479 e. The van der Waals surface area contributed by atoms with E-state index in [0.29, 0.717) is 24.8 Å². The van der Waals surface area contributed by atoms with Crippen molar-refractivity contribution in [3.05, 3.63) is 41.5 Å². The fourth-order valence-electron chi connectivity index (χ4n) is 5.31. The summed E-state index contributed by atoms with van der Waals surface area (Å²) >= 11 is 0. The number of hydrogen-bond acceptors (Lipinski definition) is 5. The van der Waals surface area contributed by atoms with Gasteiger partial charge in [0, 0.05) is 24.6 Å². The number of anilines is 1. The molecule has 37 heavy (non-hydrogen) atoms. The molecule has 0 spiro atoms. The summed E-state index contributed by atoms with van der Waals surface area (Å²) < 4.78 is 40.1. The number of hydrogen-bond donors (Lipinski definition) is 4. The van der Waals surface area contributed by atoms with Crippen LogP contribution >= 0.6 is 0 Å². The zero-order valence-corrected chi connectivity index (χ0v) is 20.6. The Morgan fingerprint density at radius 1 is 1.19 bits per heavy atom. The number of aliphatic hydroxyl groups excluding tert-OH is 1. The van der Waals surface area contributed by atoms with Crippen molar-refractivity contribution in [1.82, 2.24) is 10.2 Å². The quantitative estimate of drug-likeness (QED) is 0.452. The number of aliphatic carboxylic acids is 1. The molecule has 1 aliphatic carbocycles. The standard InChI is InChI=1S/C26H32F3N3O5/c1-15-9-17(26(27,28)29)11-18(10-15)30-20-8-6-4-2-3-5-7-16-13-25(16,24(36)37)31-22(34)21-12-19(33)14-32(21)23(20)35/h5,7,9-11,16,19-21,30,33H,2-4,6,8,12-14H2,1H3,(H,31,34)(H,36,37)/b7-5-/t16-,19-,20+,21+,25-/m1/s1. The van der Waals surface area contributed by atoms with E-state index in [0.717, 1.165) is 25.0 Å². The molecule has 0 aromatic heterocycles. The van der Waals surface area contributed by atoms with Crippen LogP contribution < -0.4 is 10.6 Å². The topological polar surface area (TPSA) is 119 Å². The molecule has 2 fully saturated rings. The van der Waals surface area contributed by atoms with Gasteiger partial charge in [0.05, 0.1) is 11.7 Å². The normalized spacial score (nSPS) is 31.9. The lowest BCUT2D eigenvalue weighted by atomic mass is 10.0. The first-order valence-corrected chi connectivity index (χ1v) is 12.6. The fraction of sp³-hybridized carbons (Fsp3) is 0.577. The Balaban J connectivity index is 1.62. The number of carboxylic acids is 1. The summed E-state index contributed by atoms with van der Waals surface area (Å²) in [5.74, 6) is -2.69. The van der Waals surface area contributed by atoms with Gasteiger partial charge in [0.2, 0.25) is 11.8 Å². The lowest BCUT2D eigenvalue weighted by Gasteiger charge is -2.30. The number of carbonyl (C=O) groups excluding carboxylic acids is 2. The number of nitrogens with one attached hydrogen (secondary N) is 2. The predicted molar refractivity (Wildman–Crippen MR) is 129 cm³/mol. The van der Waals surface area contributed by atoms with Gasteiger partial charge in [0.1, 0.15) is 17.6 Å². The van der Waals surface area contributed by atoms with Gasteiger partial charge >= 0.3 is 12.1 Å². The summed E-state index contributed by atoms with van der Waals surface area (Å²) in [4.78, 5) is 40.1. The third kappa shape index (κ3) is 5.92. The van der Waals surface area contributed by atoms with Crippen LogP contribution in [0, 0.1) is 12.8 Å². The molecule has 1 aromatic carbocycles. The predicted octanol–water partition coefficient (Wildman–Crippen LogP) is 3.24. The van der Waals surface area contributed by atoms with Gasteiger partial charge < -0.3 is 25.7 Å². The number of nitrogens with zero attached hydrogens (tertiary/aromatic N) is 1. The van der Waals surface area contributed by atoms with Crippen LogP contribution in [0.15, 0.2) is 30.4 Å². The zero-order valence-electron chi connectivity index (χ0n) is 20.6. The second-order valence-corrected chi connectivity index (χ2v) is 10.3. The van der Waals surface area contributed by atoms with E-state index in [1.165, 1.54) is 17.9 Å². The molecule has 1 saturated heterocycles. The average molecular weight is 524 g/mol. The van der Waals surface area contributed by atoms with E-state index in [1.807, 2.05) is 6.08 Å². The maximum Gasteiger partial charge on any atom is 0.416 e. The SMILES string of the molecule is Cc1cc(N[C@H]2CCCCC/C=C\[C@@H]3C[C@@]3(C(=O)O)NC(=O)[C@@H]3C[C@@H](O)CN3C2=O)cc(C(F)(F)F)c1. The van der Waals surface area contributed by atoms with E-state index >= 15 is 0 Å². The molecule has 202 valence electrons. The highest BCUT2D eigenvalue weighted by Crippen LogP contribution is 2.45. The van der Waals surface area contributed by atoms with Gasteiger partial charge in [-0.05, 0) is 56.4 Å². The molecule has 8 nitrogen and oxygen atoms in total. The molecule has 2 heterocycles. The molecule has 3 aliphatic rings. The van der Waals surface area contributed by atoms with Gasteiger partial charge in [-0.15, -0.1) is 0 Å². The first-order valence-electron chi connectivity index (χ1n) is 12.6. The molecular formula is C26H32F3N3O5. The van der Waals surface area contributed by atoms with Crippen LogP contribution in [0.3, 0.4) is 0 Å². The molecule has 2 amide bonds. The van der Waals surface area contributed by atoms with Crippen molar-refractivity contribution in [2.24, 2.45) is 5.92 Å². The van der Waals surface area contributed by atoms with Gasteiger partial charge in [0.25, 0.3) is 0 Å². The van der Waals surface area contributed by atoms with E-state index < -0.39 is 53.2 Å². The third-order valence-electron chi connectivity index (χ3n) is 7.38. The van der Waals surface area contributed by atoms with E-state index in [-0.39, 0.29) is 31.0 Å². The Hall–Kier alpha value is -3.08. The number of carboxylic acid groups (broad SMARTS) is 1. The van der Waals surface area contributed by atoms with Gasteiger partial charge in [-0.25, -0.2) is 4.79 Å². The first-order chi connectivity index (χ1) is 17.4. The molecule has 1 saturated carbocycles. The molecule has 4 rings (SSSR count). The highest BCUT2D eigenvalue weighted by Gasteiger charge is 2.61. The van der Waals surface area contributed by atoms with Crippen LogP contribution in [0.5, 0.6) is 0 Å². The molecule has 4 N–H and O–H groups in total. The Kier molecular flexibility index (Phi) is 7.55. The number of aliphatic hydroxyl groups is 1. The highest BCUT2D eigenvalue weighted by molar-refractivity contribution is 5.96. The monoisotopic (exact) mass is 523 g/mol. The number of alkyl halides is 3. The van der Waals surface area contributed by atoms with E-state index in [4.69, 9.17) is 0 Å². The number of carbonyl (C=O) groups is 3. The Bertz CT molecular complexity index is 1090. The number of rotatable bonds is 3. The maximum atomic E-state index is 13.7. The van der Waals surface area contributed by atoms with Crippen LogP contribution in [0.25, 0.3) is 0 Å². The second kappa shape index (κ2) is 10.4. The van der Waals surface area contributed by atoms with Gasteiger partial charge in [-0.2, -0.15) is 13.2 Å². The van der Waals surface area contributed by atoms with Crippen LogP contribution in [-0.4, -0.2) is 63.2 Å². The summed E-state index contributed by atoms with van der Waals surface area (Å²) in [6.45, 7) is 1.41. The van der Waals surface area contributed by atoms with Gasteiger partial charge in [0.15, 0.2) is 0 Å². The highest BCUT2D eigenvalue weighted by atomic mass is 19.4. The first kappa shape index (κ1) is 27.0. The van der Waals surface area contributed by atoms with E-state index in [1.54, 1.807) is 6.08 Å². The van der Waals surface area contributed by atoms with Crippen molar-refractivity contribution in [2.45, 2.75) is 81.8 Å². The summed E-state index contributed by atoms with van der Waals surface area (Å²) in [6, 6.07) is 1.49. The molecule has 5 atom stereocenters. The van der Waals surface area contributed by atoms with Gasteiger partial charge in [-0.3, -0.25) is 9.59 Å². The summed E-state index contributed by atoms with van der Waals surface area (Å²) in [5, 5.41) is 25.6. The maximum absolute atomic E-state index is 13.7. The molecular weight excluding hydrogens is 491 g/mol. The Morgan fingerprint density at radius 3 is 2.65 bits per heavy atom. The summed E-state index contributed by atoms with van der Waals surface area (Å²) in [5.41, 5.74) is -1.76. The Morgan fingerprint density at radius 2 is 1.95 bits per heavy atom. The van der Waals surface area contributed by atoms with Crippen molar-refractivity contribution in [2.75, 3.05) is 11.9 Å². The number of allylic oxidation sites excluding steroid dienone is 1. The number of aryl methyl sites for hydroxylation is 1. The minimum Gasteiger partial charge on any atom is -0.479 e. The molecule has 1 aromatic rings. The number of amides is 2. The van der Waals surface area contributed by atoms with E-state index in [9.17, 15) is 37.8 Å². The number of halogens is 3. The smallest absolute Gasteiger partial charge is 0.416 e. The molecule has 2 aliphatic heterocycles. The van der Waals surface area contributed by atoms with Gasteiger partial charge in [-0.1, -0.05) is 25.0 Å². The molecule has 0 radical (unpaired) electrons. The van der Waals surface area contributed by atoms with Crippen molar-refractivity contribution in [3.8, 4) is 0 Å². The Labute approximate surface area is 212 Å². The van der Waals surface area contributed by atoms with Crippen LogP contribution in [0.1, 0.15) is 56.1 Å². The van der Waals surface area contributed by atoms with Crippen molar-refractivity contribution >= 4 is 23.5 Å². The summed E-state index contributed by atoms with van der Waals surface area (Å²) in [7, 11) is 0. The van der Waals surface area contributed by atoms with Crippen molar-refractivity contribution < 1.29 is 37.8 Å². The third-order valence-corrected chi connectivity index (χ3v) is 7.38. The molecule has 0 unspecified atom stereocenters. The minimum absolute atomic E-state index is 0.0524. The van der Waals surface area contributed by atoms with Crippen molar-refractivity contribution in [3.63, 3.8) is 0 Å². The fourth-order valence-corrected chi connectivity index (χ4v) is 5.31. The van der Waals surface area contributed by atoms with Crippen LogP contribution in [0.2, 0.25) is 0 Å². The number of benzene rings is 1. The number of fused-ring (bicyclic) bond motifs is 2. The lowest BCUT2D eigenvalue weighted by molar-refractivity contribution is -0.145. The molecule has 0 bridgehead atoms. The van der Waals surface area contributed by atoms with Crippen LogP contribution in [0.4, 0.5) is 18.9 Å². The van der Waals surface area contributed by atoms with E-state index in [2.05, 4.69) is 10.6 Å². The van der Waals surface area contributed by atoms with Crippen molar-refractivity contribution in [1.29, 1.82) is 0 Å². The average Bonchev–Trinajstić information content (AvgIpc) is 3.36. The minimum atomic E-state index is -4.55. The molecule has 11 heteroatoms. The van der Waals surface area contributed by atoms with Crippen LogP contribution in [-0.2, 0) is 20.6 Å². The second-order valence-electron chi connectivity index (χ2n) is 10.3. The zero-order chi connectivity index (χ0) is 27.0. The summed E-state index contributed by atoms with van der Waals surface area (Å²) in [6.07, 6.45) is 1.57.